The molecule has 2 rings (SSSR count). The second-order valence-corrected chi connectivity index (χ2v) is 3.17. The molecule has 2 aromatic rings. The minimum Gasteiger partial charge on any atom is -0.383 e. The molecule has 0 fully saturated rings. The predicted molar refractivity (Wildman–Crippen MR) is 53.6 cm³/mol. The number of nitrogens with zero attached hydrogens (tertiary/aromatic N) is 3. The first-order valence-electron chi connectivity index (χ1n) is 3.84. The highest BCUT2D eigenvalue weighted by Crippen LogP contribution is 2.01. The maximum atomic E-state index is 11.2. The van der Waals surface area contributed by atoms with Gasteiger partial charge >= 0.3 is 0 Å². The number of hydrogen-bond acceptors (Lipinski definition) is 5. The normalized spacial score (nSPS) is 10.6. The molecule has 0 amide bonds. The van der Waals surface area contributed by atoms with E-state index in [9.17, 15) is 4.79 Å². The molecule has 3 N–H and O–H groups in total. The molecule has 14 heavy (non-hydrogen) atoms. The highest BCUT2D eigenvalue weighted by atomic mass is 32.1. The molecule has 0 spiro atoms. The molecule has 0 radical (unpaired) electrons. The molecule has 2 heterocycles. The number of rotatable bonds is 0. The molecule has 0 aliphatic rings. The lowest BCUT2D eigenvalue weighted by Crippen LogP contribution is -2.17. The number of hydrogen-bond donors (Lipinski definition) is 2. The van der Waals surface area contributed by atoms with Crippen LogP contribution in [0.5, 0.6) is 0 Å². The van der Waals surface area contributed by atoms with Crippen molar-refractivity contribution < 1.29 is 0 Å². The number of aromatic amines is 1. The van der Waals surface area contributed by atoms with Gasteiger partial charge in [0.25, 0.3) is 5.56 Å². The third kappa shape index (κ3) is 1.27. The fraction of sp³-hybridized carbons (Fsp3) is 0.143. The first-order valence-corrected chi connectivity index (χ1v) is 4.25. The monoisotopic (exact) mass is 209 g/mol. The zero-order valence-electron chi connectivity index (χ0n) is 7.31. The van der Waals surface area contributed by atoms with Crippen molar-refractivity contribution >= 4 is 23.7 Å². The van der Waals surface area contributed by atoms with Crippen molar-refractivity contribution in [2.24, 2.45) is 0 Å². The van der Waals surface area contributed by atoms with Gasteiger partial charge in [-0.3, -0.25) is 4.79 Å². The van der Waals surface area contributed by atoms with E-state index in [1.54, 1.807) is 6.92 Å². The number of H-pyrrole nitrogens is 1. The third-order valence-corrected chi connectivity index (χ3v) is 2.00. The molecule has 6 nitrogen and oxygen atoms in total. The number of aromatic nitrogens is 4. The van der Waals surface area contributed by atoms with E-state index in [1.807, 2.05) is 0 Å². The van der Waals surface area contributed by atoms with Crippen molar-refractivity contribution in [3.8, 4) is 0 Å². The number of nitrogens with one attached hydrogen (secondary N) is 1. The molecule has 2 aromatic heterocycles. The van der Waals surface area contributed by atoms with Gasteiger partial charge in [0.15, 0.2) is 0 Å². The van der Waals surface area contributed by atoms with E-state index in [4.69, 9.17) is 18.0 Å². The first kappa shape index (κ1) is 8.82. The largest absolute Gasteiger partial charge is 0.383 e. The summed E-state index contributed by atoms with van der Waals surface area (Å²) in [5.74, 6) is 0.260. The van der Waals surface area contributed by atoms with Gasteiger partial charge in [-0.05, 0) is 19.1 Å². The van der Waals surface area contributed by atoms with Crippen LogP contribution in [0.1, 0.15) is 5.69 Å². The average molecular weight is 209 g/mol. The Morgan fingerprint density at radius 3 is 3.07 bits per heavy atom. The molecule has 0 atom stereocenters. The van der Waals surface area contributed by atoms with E-state index in [0.29, 0.717) is 11.3 Å². The van der Waals surface area contributed by atoms with Crippen molar-refractivity contribution in [1.82, 2.24) is 19.6 Å². The quantitative estimate of drug-likeness (QED) is 0.598. The molecular formula is C7H7N5OS. The van der Waals surface area contributed by atoms with Crippen molar-refractivity contribution in [2.45, 2.75) is 6.92 Å². The molecule has 0 unspecified atom stereocenters. The number of fused-ring (bicyclic) bond motifs is 1. The van der Waals surface area contributed by atoms with Gasteiger partial charge in [-0.15, -0.1) is 0 Å². The van der Waals surface area contributed by atoms with E-state index >= 15 is 0 Å². The van der Waals surface area contributed by atoms with Gasteiger partial charge in [0, 0.05) is 6.07 Å². The molecule has 7 heteroatoms. The van der Waals surface area contributed by atoms with Crippen molar-refractivity contribution in [2.75, 3.05) is 5.73 Å². The van der Waals surface area contributed by atoms with Crippen LogP contribution < -0.4 is 11.3 Å². The second-order valence-electron chi connectivity index (χ2n) is 2.80. The van der Waals surface area contributed by atoms with Crippen molar-refractivity contribution in [3.05, 3.63) is 26.9 Å². The summed E-state index contributed by atoms with van der Waals surface area (Å²) in [5, 5.41) is 3.97. The van der Waals surface area contributed by atoms with E-state index in [0.717, 1.165) is 0 Å². The number of nitrogen functional groups attached to an aromatic ring is 1. The Morgan fingerprint density at radius 2 is 2.36 bits per heavy atom. The third-order valence-electron chi connectivity index (χ3n) is 1.74. The Kier molecular flexibility index (Phi) is 1.81. The summed E-state index contributed by atoms with van der Waals surface area (Å²) >= 11 is 4.93. The smallest absolute Gasteiger partial charge is 0.272 e. The molecule has 0 saturated carbocycles. The lowest BCUT2D eigenvalue weighted by atomic mass is 10.5. The standard InChI is InChI=1S/C7H7N5OS/c1-3-6(13)10-5-2-4(8)9-7(14)12(5)11-3/h2H,1H3,(H,10,13)(H2,8,9,14). The topological polar surface area (TPSA) is 89.1 Å². The molecule has 0 aromatic carbocycles. The minimum atomic E-state index is -0.259. The van der Waals surface area contributed by atoms with Gasteiger partial charge in [-0.2, -0.15) is 9.61 Å². The van der Waals surface area contributed by atoms with E-state index < -0.39 is 0 Å². The number of anilines is 1. The summed E-state index contributed by atoms with van der Waals surface area (Å²) in [6.45, 7) is 1.59. The maximum Gasteiger partial charge on any atom is 0.272 e. The maximum absolute atomic E-state index is 11.2. The summed E-state index contributed by atoms with van der Waals surface area (Å²) < 4.78 is 1.59. The van der Waals surface area contributed by atoms with Crippen LogP contribution in [0.4, 0.5) is 5.82 Å². The number of nitrogens with two attached hydrogens (primary N) is 1. The highest BCUT2D eigenvalue weighted by Gasteiger charge is 2.01. The van der Waals surface area contributed by atoms with Crippen LogP contribution >= 0.6 is 12.2 Å². The summed E-state index contributed by atoms with van der Waals surface area (Å²) in [6.07, 6.45) is 0. The lowest BCUT2D eigenvalue weighted by Gasteiger charge is -2.01. The SMILES string of the molecule is Cc1nn2c(=S)nc(N)cc2[nH]c1=O. The molecule has 72 valence electrons. The Balaban J connectivity index is 3.04. The summed E-state index contributed by atoms with van der Waals surface area (Å²) in [7, 11) is 0. The Bertz CT molecular complexity index is 613. The van der Waals surface area contributed by atoms with Crippen LogP contribution in [-0.2, 0) is 0 Å². The summed E-state index contributed by atoms with van der Waals surface area (Å²) in [6, 6.07) is 1.50. The van der Waals surface area contributed by atoms with Gasteiger partial charge in [0.2, 0.25) is 4.77 Å². The molecule has 0 aliphatic heterocycles. The van der Waals surface area contributed by atoms with Crippen LogP contribution in [0.25, 0.3) is 5.65 Å². The van der Waals surface area contributed by atoms with Crippen LogP contribution in [0.2, 0.25) is 0 Å². The molecule has 0 saturated heterocycles. The zero-order valence-corrected chi connectivity index (χ0v) is 8.13. The van der Waals surface area contributed by atoms with Crippen molar-refractivity contribution in [3.63, 3.8) is 0 Å². The Morgan fingerprint density at radius 1 is 1.64 bits per heavy atom. The van der Waals surface area contributed by atoms with E-state index in [-0.39, 0.29) is 16.1 Å². The van der Waals surface area contributed by atoms with Crippen LogP contribution in [-0.4, -0.2) is 19.6 Å². The Labute approximate surface area is 83.4 Å². The van der Waals surface area contributed by atoms with Gasteiger partial charge in [-0.25, -0.2) is 4.98 Å². The molecular weight excluding hydrogens is 202 g/mol. The predicted octanol–water partition coefficient (Wildman–Crippen LogP) is 0.0377. The minimum absolute atomic E-state index is 0.222. The van der Waals surface area contributed by atoms with E-state index in [1.165, 1.54) is 10.6 Å². The Hall–Kier alpha value is -1.76. The highest BCUT2D eigenvalue weighted by molar-refractivity contribution is 7.71. The van der Waals surface area contributed by atoms with Gasteiger partial charge in [-0.1, -0.05) is 0 Å². The van der Waals surface area contributed by atoms with Gasteiger partial charge < -0.3 is 10.7 Å². The van der Waals surface area contributed by atoms with Gasteiger partial charge in [0.1, 0.15) is 17.2 Å². The summed E-state index contributed by atoms with van der Waals surface area (Å²) in [5.41, 5.74) is 5.99. The lowest BCUT2D eigenvalue weighted by molar-refractivity contribution is 0.812. The van der Waals surface area contributed by atoms with E-state index in [2.05, 4.69) is 15.1 Å². The van der Waals surface area contributed by atoms with Crippen molar-refractivity contribution in [1.29, 1.82) is 0 Å². The number of aryl methyl sites for hydroxylation is 1. The molecule has 0 aliphatic carbocycles. The van der Waals surface area contributed by atoms with Crippen LogP contribution in [0, 0.1) is 11.7 Å². The first-order chi connectivity index (χ1) is 6.58. The zero-order chi connectivity index (χ0) is 10.3. The second kappa shape index (κ2) is 2.88. The van der Waals surface area contributed by atoms with Gasteiger partial charge in [0.05, 0.1) is 0 Å². The fourth-order valence-electron chi connectivity index (χ4n) is 1.08. The molecule has 0 bridgehead atoms. The fourth-order valence-corrected chi connectivity index (χ4v) is 1.33. The average Bonchev–Trinajstić information content (AvgIpc) is 2.08. The van der Waals surface area contributed by atoms with Crippen LogP contribution in [0.3, 0.4) is 0 Å². The summed E-state index contributed by atoms with van der Waals surface area (Å²) in [4.78, 5) is 17.7. The van der Waals surface area contributed by atoms with Crippen LogP contribution in [0.15, 0.2) is 10.9 Å².